The first-order valence-corrected chi connectivity index (χ1v) is 15.0. The number of benzene rings is 1. The quantitative estimate of drug-likeness (QED) is 0.423. The first-order valence-electron chi connectivity index (χ1n) is 13.4. The van der Waals surface area contributed by atoms with Crippen molar-refractivity contribution in [2.24, 2.45) is 5.41 Å². The van der Waals surface area contributed by atoms with Crippen LogP contribution in [0.4, 0.5) is 22.9 Å². The van der Waals surface area contributed by atoms with Crippen molar-refractivity contribution in [2.45, 2.75) is 56.8 Å². The number of rotatable bonds is 7. The summed E-state index contributed by atoms with van der Waals surface area (Å²) in [6, 6.07) is 7.13. The molecule has 11 heteroatoms. The molecule has 1 aromatic heterocycles. The Hall–Kier alpha value is -3.18. The van der Waals surface area contributed by atoms with E-state index in [1.807, 2.05) is 12.1 Å². The van der Waals surface area contributed by atoms with E-state index in [0.717, 1.165) is 62.9 Å². The summed E-state index contributed by atoms with van der Waals surface area (Å²) in [6.07, 6.45) is 9.59. The number of aliphatic hydroxyl groups is 1. The maximum Gasteiger partial charge on any atom is 0.259 e. The molecule has 0 radical (unpaired) electrons. The van der Waals surface area contributed by atoms with Gasteiger partial charge in [-0.1, -0.05) is 12.8 Å². The lowest BCUT2D eigenvalue weighted by Crippen LogP contribution is -2.36. The van der Waals surface area contributed by atoms with E-state index in [9.17, 15) is 18.0 Å². The third kappa shape index (κ3) is 4.51. The molecule has 2 aliphatic heterocycles. The van der Waals surface area contributed by atoms with Crippen LogP contribution in [0.15, 0.2) is 30.5 Å². The van der Waals surface area contributed by atoms with Crippen molar-refractivity contribution >= 4 is 44.7 Å². The molecule has 2 saturated carbocycles. The van der Waals surface area contributed by atoms with E-state index in [-0.39, 0.29) is 17.6 Å². The van der Waals surface area contributed by atoms with Crippen LogP contribution < -0.4 is 20.3 Å². The molecule has 1 saturated heterocycles. The van der Waals surface area contributed by atoms with E-state index in [4.69, 9.17) is 5.11 Å². The Bertz CT molecular complexity index is 1390. The molecule has 4 aliphatic rings. The molecule has 4 N–H and O–H groups in total. The Kier molecular flexibility index (Phi) is 6.10. The van der Waals surface area contributed by atoms with Gasteiger partial charge in [0.15, 0.2) is 0 Å². The third-order valence-corrected chi connectivity index (χ3v) is 10.0. The fourth-order valence-electron chi connectivity index (χ4n) is 6.33. The summed E-state index contributed by atoms with van der Waals surface area (Å²) in [7, 11) is -3.76. The fourth-order valence-corrected chi connectivity index (χ4v) is 7.10. The van der Waals surface area contributed by atoms with E-state index in [0.29, 0.717) is 22.4 Å². The van der Waals surface area contributed by atoms with Gasteiger partial charge >= 0.3 is 0 Å². The zero-order chi connectivity index (χ0) is 26.5. The summed E-state index contributed by atoms with van der Waals surface area (Å²) >= 11 is 0. The SMILES string of the molecule is O=C(Nc1ccc2c(c1)C1(CCCC1)C(=O)N2)c1cnc(NS(=O)(=O)CCO)cc1N1CCC2(CC1)CC2. The summed E-state index contributed by atoms with van der Waals surface area (Å²) in [5.41, 5.74) is 3.25. The lowest BCUT2D eigenvalue weighted by molar-refractivity contribution is -0.120. The zero-order valence-electron chi connectivity index (χ0n) is 21.3. The number of piperidine rings is 1. The lowest BCUT2D eigenvalue weighted by atomic mass is 9.80. The maximum atomic E-state index is 13.6. The molecule has 2 aromatic rings. The molecule has 0 atom stereocenters. The molecule has 0 bridgehead atoms. The Labute approximate surface area is 222 Å². The van der Waals surface area contributed by atoms with Crippen LogP contribution in [0.5, 0.6) is 0 Å². The summed E-state index contributed by atoms with van der Waals surface area (Å²) in [6.45, 7) is 1.06. The predicted octanol–water partition coefficient (Wildman–Crippen LogP) is 3.21. The van der Waals surface area contributed by atoms with Gasteiger partial charge in [-0.3, -0.25) is 14.3 Å². The molecule has 0 unspecified atom stereocenters. The number of fused-ring (bicyclic) bond motifs is 2. The van der Waals surface area contributed by atoms with Crippen molar-refractivity contribution in [3.63, 3.8) is 0 Å². The molecule has 10 nitrogen and oxygen atoms in total. The second-order valence-corrected chi connectivity index (χ2v) is 13.0. The zero-order valence-corrected chi connectivity index (χ0v) is 22.1. The number of amides is 2. The number of anilines is 4. The first kappa shape index (κ1) is 25.1. The Morgan fingerprint density at radius 3 is 2.50 bits per heavy atom. The van der Waals surface area contributed by atoms with Gasteiger partial charge in [-0.2, -0.15) is 0 Å². The van der Waals surface area contributed by atoms with Crippen LogP contribution in [0.3, 0.4) is 0 Å². The number of hydrogen-bond donors (Lipinski definition) is 4. The molecule has 6 rings (SSSR count). The van der Waals surface area contributed by atoms with Crippen molar-refractivity contribution in [3.05, 3.63) is 41.6 Å². The number of sulfonamides is 1. The highest BCUT2D eigenvalue weighted by atomic mass is 32.2. The van der Waals surface area contributed by atoms with Crippen LogP contribution in [-0.4, -0.2) is 55.8 Å². The van der Waals surface area contributed by atoms with Crippen LogP contribution >= 0.6 is 0 Å². The lowest BCUT2D eigenvalue weighted by Gasteiger charge is -2.35. The van der Waals surface area contributed by atoms with Gasteiger partial charge in [-0.15, -0.1) is 0 Å². The molecule has 202 valence electrons. The highest BCUT2D eigenvalue weighted by Crippen LogP contribution is 2.54. The maximum absolute atomic E-state index is 13.6. The van der Waals surface area contributed by atoms with Crippen LogP contribution in [0.1, 0.15) is 67.3 Å². The minimum Gasteiger partial charge on any atom is -0.395 e. The average molecular weight is 540 g/mol. The molecule has 38 heavy (non-hydrogen) atoms. The number of hydrogen-bond acceptors (Lipinski definition) is 7. The smallest absolute Gasteiger partial charge is 0.259 e. The second kappa shape index (κ2) is 9.23. The van der Waals surface area contributed by atoms with Gasteiger partial charge in [0.25, 0.3) is 5.91 Å². The number of nitrogens with one attached hydrogen (secondary N) is 3. The molecule has 2 amide bonds. The van der Waals surface area contributed by atoms with Gasteiger partial charge in [0, 0.05) is 36.7 Å². The molecule has 1 aromatic carbocycles. The van der Waals surface area contributed by atoms with Crippen molar-refractivity contribution < 1.29 is 23.1 Å². The first-order chi connectivity index (χ1) is 18.2. The second-order valence-electron chi connectivity index (χ2n) is 11.2. The van der Waals surface area contributed by atoms with Crippen LogP contribution in [-0.2, 0) is 20.2 Å². The van der Waals surface area contributed by atoms with Crippen LogP contribution in [0, 0.1) is 5.41 Å². The Balaban J connectivity index is 1.28. The average Bonchev–Trinajstić information content (AvgIpc) is 3.34. The largest absolute Gasteiger partial charge is 0.395 e. The van der Waals surface area contributed by atoms with Crippen LogP contribution in [0.25, 0.3) is 0 Å². The highest BCUT2D eigenvalue weighted by molar-refractivity contribution is 7.92. The minimum atomic E-state index is -3.76. The van der Waals surface area contributed by atoms with E-state index in [2.05, 4.69) is 25.2 Å². The van der Waals surface area contributed by atoms with E-state index in [1.165, 1.54) is 19.0 Å². The van der Waals surface area contributed by atoms with Gasteiger partial charge in [0.05, 0.1) is 29.0 Å². The molecular weight excluding hydrogens is 506 g/mol. The molecular formula is C27H33N5O5S. The third-order valence-electron chi connectivity index (χ3n) is 8.80. The summed E-state index contributed by atoms with van der Waals surface area (Å²) in [5, 5.41) is 15.1. The van der Waals surface area contributed by atoms with Gasteiger partial charge in [0.2, 0.25) is 15.9 Å². The molecule has 2 spiro atoms. The fraction of sp³-hybridized carbons (Fsp3) is 0.519. The minimum absolute atomic E-state index is 0.0396. The summed E-state index contributed by atoms with van der Waals surface area (Å²) < 4.78 is 26.9. The monoisotopic (exact) mass is 539 g/mol. The number of carbonyl (C=O) groups excluding carboxylic acids is 2. The van der Waals surface area contributed by atoms with Gasteiger partial charge in [-0.05, 0) is 67.7 Å². The van der Waals surface area contributed by atoms with Gasteiger partial charge in [0.1, 0.15) is 5.82 Å². The van der Waals surface area contributed by atoms with Crippen molar-refractivity contribution in [3.8, 4) is 0 Å². The van der Waals surface area contributed by atoms with Crippen molar-refractivity contribution in [2.75, 3.05) is 45.7 Å². The topological polar surface area (TPSA) is 141 Å². The normalized spacial score (nSPS) is 20.9. The van der Waals surface area contributed by atoms with E-state index < -0.39 is 27.8 Å². The standard InChI is InChI=1S/C27H33N5O5S/c33-13-14-38(36,37)31-23-16-22(32-11-9-26(7-8-26)10-12-32)19(17-28-23)24(34)29-18-3-4-21-20(15-18)27(25(35)30-21)5-1-2-6-27/h3-4,15-17,33H,1-2,5-14H2,(H,28,31)(H,29,34)(H,30,35). The summed E-state index contributed by atoms with van der Waals surface area (Å²) in [4.78, 5) is 32.7. The van der Waals surface area contributed by atoms with Crippen molar-refractivity contribution in [1.82, 2.24) is 4.98 Å². The van der Waals surface area contributed by atoms with E-state index in [1.54, 1.807) is 12.1 Å². The Morgan fingerprint density at radius 1 is 1.08 bits per heavy atom. The van der Waals surface area contributed by atoms with Crippen molar-refractivity contribution in [1.29, 1.82) is 0 Å². The highest BCUT2D eigenvalue weighted by Gasteiger charge is 2.48. The van der Waals surface area contributed by atoms with Crippen LogP contribution in [0.2, 0.25) is 0 Å². The summed E-state index contributed by atoms with van der Waals surface area (Å²) in [5.74, 6) is -0.628. The Morgan fingerprint density at radius 2 is 1.82 bits per heavy atom. The number of pyridine rings is 1. The number of aromatic nitrogens is 1. The van der Waals surface area contributed by atoms with Gasteiger partial charge < -0.3 is 20.6 Å². The number of aliphatic hydroxyl groups excluding tert-OH is 1. The van der Waals surface area contributed by atoms with E-state index >= 15 is 0 Å². The molecule has 3 heterocycles. The molecule has 2 aliphatic carbocycles. The molecule has 3 fully saturated rings. The predicted molar refractivity (Wildman–Crippen MR) is 145 cm³/mol. The number of carbonyl (C=O) groups is 2. The number of nitrogens with zero attached hydrogens (tertiary/aromatic N) is 2. The van der Waals surface area contributed by atoms with Gasteiger partial charge in [-0.25, -0.2) is 13.4 Å².